The van der Waals surface area contributed by atoms with E-state index in [1.807, 2.05) is 0 Å². The summed E-state index contributed by atoms with van der Waals surface area (Å²) in [6.07, 6.45) is 0.584. The second-order valence-electron chi connectivity index (χ2n) is 3.19. The smallest absolute Gasteiger partial charge is 0.208 e. The monoisotopic (exact) mass is 365 g/mol. The van der Waals surface area contributed by atoms with Crippen LogP contribution in [0.3, 0.4) is 0 Å². The first-order valence-corrected chi connectivity index (χ1v) is 8.40. The summed E-state index contributed by atoms with van der Waals surface area (Å²) in [5.74, 6) is 0.415. The average molecular weight is 367 g/mol. The lowest BCUT2D eigenvalue weighted by Gasteiger charge is -2.11. The molecule has 1 rings (SSSR count). The van der Waals surface area contributed by atoms with Crippen LogP contribution in [0.2, 0.25) is 5.02 Å². The number of hydrogen-bond acceptors (Lipinski definition) is 3. The molecule has 8 heteroatoms. The Bertz CT molecular complexity index is 441. The van der Waals surface area contributed by atoms with Crippen molar-refractivity contribution in [2.45, 2.75) is 23.6 Å². The highest BCUT2D eigenvalue weighted by molar-refractivity contribution is 9.11. The maximum absolute atomic E-state index is 11.9. The van der Waals surface area contributed by atoms with Gasteiger partial charge in [0.05, 0.1) is 8.81 Å². The molecule has 0 fully saturated rings. The lowest BCUT2D eigenvalue weighted by Crippen LogP contribution is -2.32. The molecule has 0 aromatic carbocycles. The number of halogens is 3. The second-order valence-corrected chi connectivity index (χ2v) is 8.28. The summed E-state index contributed by atoms with van der Waals surface area (Å²) >= 11 is 15.6. The zero-order valence-electron chi connectivity index (χ0n) is 8.34. The molecular formula is C8H10BrCl2NO2S2. The standard InChI is InChI=1S/C8H10BrCl2NO2S2/c1-5(2-3-10)12-16(13,14)7-4-6(11)8(9)15-7/h4-5,12H,2-3H2,1H3. The van der Waals surface area contributed by atoms with E-state index in [2.05, 4.69) is 20.7 Å². The van der Waals surface area contributed by atoms with Crippen LogP contribution in [0.25, 0.3) is 0 Å². The Kier molecular flexibility index (Phi) is 5.54. The van der Waals surface area contributed by atoms with Gasteiger partial charge < -0.3 is 0 Å². The van der Waals surface area contributed by atoms with E-state index in [0.717, 1.165) is 11.3 Å². The summed E-state index contributed by atoms with van der Waals surface area (Å²) in [5.41, 5.74) is 0. The molecule has 1 atom stereocenters. The molecule has 0 bridgehead atoms. The van der Waals surface area contributed by atoms with Gasteiger partial charge in [-0.05, 0) is 35.3 Å². The zero-order valence-corrected chi connectivity index (χ0v) is 13.1. The molecule has 0 amide bonds. The van der Waals surface area contributed by atoms with Gasteiger partial charge in [-0.1, -0.05) is 11.6 Å². The van der Waals surface area contributed by atoms with Crippen molar-refractivity contribution in [1.82, 2.24) is 4.72 Å². The molecule has 0 saturated carbocycles. The van der Waals surface area contributed by atoms with Crippen molar-refractivity contribution in [3.8, 4) is 0 Å². The minimum absolute atomic E-state index is 0.192. The molecule has 0 aliphatic rings. The summed E-state index contributed by atoms with van der Waals surface area (Å²) in [5, 5.41) is 0.398. The lowest BCUT2D eigenvalue weighted by atomic mass is 10.3. The predicted octanol–water partition coefficient (Wildman–Crippen LogP) is 3.46. The summed E-state index contributed by atoms with van der Waals surface area (Å²) in [7, 11) is -3.49. The van der Waals surface area contributed by atoms with Crippen molar-refractivity contribution < 1.29 is 8.42 Å². The van der Waals surface area contributed by atoms with Gasteiger partial charge in [-0.25, -0.2) is 13.1 Å². The third kappa shape index (κ3) is 3.85. The topological polar surface area (TPSA) is 46.2 Å². The van der Waals surface area contributed by atoms with Crippen LogP contribution in [0.1, 0.15) is 13.3 Å². The van der Waals surface area contributed by atoms with Gasteiger partial charge in [-0.3, -0.25) is 0 Å². The Morgan fingerprint density at radius 1 is 1.62 bits per heavy atom. The van der Waals surface area contributed by atoms with E-state index in [9.17, 15) is 8.42 Å². The number of nitrogens with one attached hydrogen (secondary N) is 1. The van der Waals surface area contributed by atoms with Crippen LogP contribution < -0.4 is 4.72 Å². The van der Waals surface area contributed by atoms with Crippen LogP contribution in [0.5, 0.6) is 0 Å². The van der Waals surface area contributed by atoms with Crippen molar-refractivity contribution in [3.63, 3.8) is 0 Å². The first-order valence-electron chi connectivity index (χ1n) is 4.40. The second kappa shape index (κ2) is 6.02. The maximum Gasteiger partial charge on any atom is 0.250 e. The number of thiophene rings is 1. The number of hydrogen-bond donors (Lipinski definition) is 1. The fraction of sp³-hybridized carbons (Fsp3) is 0.500. The molecule has 16 heavy (non-hydrogen) atoms. The van der Waals surface area contributed by atoms with Crippen LogP contribution in [-0.4, -0.2) is 20.3 Å². The molecule has 0 spiro atoms. The number of alkyl halides is 1. The van der Waals surface area contributed by atoms with Gasteiger partial charge in [0.25, 0.3) is 0 Å². The van der Waals surface area contributed by atoms with Gasteiger partial charge in [0.15, 0.2) is 0 Å². The van der Waals surface area contributed by atoms with Gasteiger partial charge in [-0.2, -0.15) is 0 Å². The van der Waals surface area contributed by atoms with Crippen LogP contribution in [0.15, 0.2) is 14.1 Å². The Morgan fingerprint density at radius 3 is 2.69 bits per heavy atom. The summed E-state index contributed by atoms with van der Waals surface area (Å²) in [6, 6.07) is 1.23. The van der Waals surface area contributed by atoms with Gasteiger partial charge >= 0.3 is 0 Å². The Hall–Kier alpha value is 0.670. The Balaban J connectivity index is 2.86. The van der Waals surface area contributed by atoms with Gasteiger partial charge in [-0.15, -0.1) is 22.9 Å². The highest BCUT2D eigenvalue weighted by Gasteiger charge is 2.20. The molecule has 0 radical (unpaired) electrons. The molecule has 1 heterocycles. The van der Waals surface area contributed by atoms with Crippen LogP contribution in [-0.2, 0) is 10.0 Å². The van der Waals surface area contributed by atoms with Crippen molar-refractivity contribution >= 4 is 60.5 Å². The van der Waals surface area contributed by atoms with Gasteiger partial charge in [0.1, 0.15) is 4.21 Å². The molecule has 1 N–H and O–H groups in total. The van der Waals surface area contributed by atoms with E-state index < -0.39 is 10.0 Å². The van der Waals surface area contributed by atoms with E-state index in [0.29, 0.717) is 21.1 Å². The van der Waals surface area contributed by atoms with Gasteiger partial charge in [0.2, 0.25) is 10.0 Å². The number of rotatable bonds is 5. The molecule has 1 aromatic heterocycles. The highest BCUT2D eigenvalue weighted by atomic mass is 79.9. The molecule has 0 aliphatic carbocycles. The molecular weight excluding hydrogens is 357 g/mol. The fourth-order valence-electron chi connectivity index (χ4n) is 1.00. The SMILES string of the molecule is CC(CCCl)NS(=O)(=O)c1cc(Cl)c(Br)s1. The average Bonchev–Trinajstić information content (AvgIpc) is 2.47. The van der Waals surface area contributed by atoms with E-state index in [1.54, 1.807) is 6.92 Å². The third-order valence-corrected chi connectivity index (χ3v) is 6.54. The van der Waals surface area contributed by atoms with Crippen LogP contribution >= 0.6 is 50.5 Å². The third-order valence-electron chi connectivity index (χ3n) is 1.79. The normalized spacial score (nSPS) is 14.0. The van der Waals surface area contributed by atoms with Crippen LogP contribution in [0.4, 0.5) is 0 Å². The number of sulfonamides is 1. The summed E-state index contributed by atoms with van der Waals surface area (Å²) in [6.45, 7) is 1.77. The zero-order chi connectivity index (χ0) is 12.3. The van der Waals surface area contributed by atoms with Gasteiger partial charge in [0, 0.05) is 11.9 Å². The first-order chi connectivity index (χ1) is 7.36. The molecule has 3 nitrogen and oxygen atoms in total. The minimum atomic E-state index is -3.49. The van der Waals surface area contributed by atoms with E-state index in [1.165, 1.54) is 6.07 Å². The van der Waals surface area contributed by atoms with E-state index in [4.69, 9.17) is 23.2 Å². The molecule has 92 valence electrons. The molecule has 1 unspecified atom stereocenters. The maximum atomic E-state index is 11.9. The lowest BCUT2D eigenvalue weighted by molar-refractivity contribution is 0.558. The van der Waals surface area contributed by atoms with Crippen molar-refractivity contribution in [2.75, 3.05) is 5.88 Å². The van der Waals surface area contributed by atoms with Crippen LogP contribution in [0, 0.1) is 0 Å². The highest BCUT2D eigenvalue weighted by Crippen LogP contribution is 2.34. The fourth-order valence-corrected chi connectivity index (χ4v) is 5.03. The molecule has 0 aliphatic heterocycles. The van der Waals surface area contributed by atoms with E-state index >= 15 is 0 Å². The largest absolute Gasteiger partial charge is 0.250 e. The van der Waals surface area contributed by atoms with E-state index in [-0.39, 0.29) is 10.3 Å². The predicted molar refractivity (Wildman–Crippen MR) is 72.1 cm³/mol. The molecule has 0 saturated heterocycles. The summed E-state index contributed by atoms with van der Waals surface area (Å²) < 4.78 is 27.1. The quantitative estimate of drug-likeness (QED) is 0.811. The first kappa shape index (κ1) is 14.7. The summed E-state index contributed by atoms with van der Waals surface area (Å²) in [4.78, 5) is 0. The minimum Gasteiger partial charge on any atom is -0.208 e. The Morgan fingerprint density at radius 2 is 2.25 bits per heavy atom. The Labute approximate surface area is 117 Å². The molecule has 1 aromatic rings. The van der Waals surface area contributed by atoms with Crippen molar-refractivity contribution in [2.24, 2.45) is 0 Å². The van der Waals surface area contributed by atoms with Crippen molar-refractivity contribution in [1.29, 1.82) is 0 Å². The van der Waals surface area contributed by atoms with Crippen molar-refractivity contribution in [3.05, 3.63) is 14.9 Å².